The first kappa shape index (κ1) is 13.7. The van der Waals surface area contributed by atoms with Crippen molar-refractivity contribution >= 4 is 11.3 Å². The van der Waals surface area contributed by atoms with Crippen LogP contribution in [0.15, 0.2) is 17.5 Å². The van der Waals surface area contributed by atoms with Crippen molar-refractivity contribution in [1.29, 1.82) is 0 Å². The van der Waals surface area contributed by atoms with Crippen LogP contribution < -0.4 is 5.32 Å². The average Bonchev–Trinajstić information content (AvgIpc) is 2.79. The third-order valence-corrected chi connectivity index (χ3v) is 4.60. The van der Waals surface area contributed by atoms with Crippen molar-refractivity contribution in [2.45, 2.75) is 32.9 Å². The van der Waals surface area contributed by atoms with Crippen molar-refractivity contribution in [3.63, 3.8) is 0 Å². The van der Waals surface area contributed by atoms with Crippen molar-refractivity contribution in [1.82, 2.24) is 10.2 Å². The number of nitrogens with one attached hydrogen (secondary N) is 1. The summed E-state index contributed by atoms with van der Waals surface area (Å²) in [4.78, 5) is 3.92. The first-order chi connectivity index (χ1) is 7.57. The number of rotatable bonds is 6. The highest BCUT2D eigenvalue weighted by Crippen LogP contribution is 2.26. The fourth-order valence-electron chi connectivity index (χ4n) is 1.98. The molecule has 92 valence electrons. The molecule has 3 heteroatoms. The minimum absolute atomic E-state index is 0.509. The second-order valence-corrected chi connectivity index (χ2v) is 5.61. The summed E-state index contributed by atoms with van der Waals surface area (Å²) in [5, 5.41) is 5.41. The van der Waals surface area contributed by atoms with Crippen LogP contribution in [0.3, 0.4) is 0 Å². The van der Waals surface area contributed by atoms with Crippen molar-refractivity contribution in [2.24, 2.45) is 5.92 Å². The number of nitrogens with zero attached hydrogens (tertiary/aromatic N) is 1. The summed E-state index contributed by atoms with van der Waals surface area (Å²) in [5.41, 5.74) is 0. The molecule has 1 N–H and O–H groups in total. The SMILES string of the molecule is CNCC(C)C(C)N(C)C(C)c1cccs1. The maximum atomic E-state index is 3.25. The zero-order valence-electron chi connectivity index (χ0n) is 11.0. The molecule has 0 fully saturated rings. The number of hydrogen-bond acceptors (Lipinski definition) is 3. The van der Waals surface area contributed by atoms with E-state index in [9.17, 15) is 0 Å². The quantitative estimate of drug-likeness (QED) is 0.822. The number of thiophene rings is 1. The van der Waals surface area contributed by atoms with Gasteiger partial charge in [0.2, 0.25) is 0 Å². The molecule has 0 spiro atoms. The van der Waals surface area contributed by atoms with Crippen molar-refractivity contribution in [3.05, 3.63) is 22.4 Å². The van der Waals surface area contributed by atoms with E-state index in [1.54, 1.807) is 0 Å². The van der Waals surface area contributed by atoms with Gasteiger partial charge >= 0.3 is 0 Å². The van der Waals surface area contributed by atoms with Crippen LogP contribution in [0.4, 0.5) is 0 Å². The van der Waals surface area contributed by atoms with Crippen LogP contribution in [0.5, 0.6) is 0 Å². The third kappa shape index (κ3) is 3.30. The van der Waals surface area contributed by atoms with E-state index < -0.39 is 0 Å². The van der Waals surface area contributed by atoms with E-state index in [1.807, 2.05) is 18.4 Å². The molecule has 0 saturated carbocycles. The van der Waals surface area contributed by atoms with Crippen LogP contribution in [0, 0.1) is 5.92 Å². The topological polar surface area (TPSA) is 15.3 Å². The van der Waals surface area contributed by atoms with E-state index >= 15 is 0 Å². The van der Waals surface area contributed by atoms with Gasteiger partial charge in [0.1, 0.15) is 0 Å². The molecule has 2 nitrogen and oxygen atoms in total. The molecule has 1 heterocycles. The van der Waals surface area contributed by atoms with Gasteiger partial charge < -0.3 is 5.32 Å². The van der Waals surface area contributed by atoms with E-state index in [0.717, 1.165) is 6.54 Å². The van der Waals surface area contributed by atoms with Crippen molar-refractivity contribution in [2.75, 3.05) is 20.6 Å². The van der Waals surface area contributed by atoms with Gasteiger partial charge in [0.05, 0.1) is 0 Å². The van der Waals surface area contributed by atoms with E-state index in [0.29, 0.717) is 18.0 Å². The Bertz CT molecular complexity index is 284. The van der Waals surface area contributed by atoms with E-state index in [-0.39, 0.29) is 0 Å². The maximum Gasteiger partial charge on any atom is 0.0413 e. The molecule has 0 aliphatic rings. The summed E-state index contributed by atoms with van der Waals surface area (Å²) in [6, 6.07) is 5.45. The Morgan fingerprint density at radius 1 is 1.38 bits per heavy atom. The van der Waals surface area contributed by atoms with Gasteiger partial charge in [0.25, 0.3) is 0 Å². The van der Waals surface area contributed by atoms with Gasteiger partial charge in [0, 0.05) is 17.0 Å². The minimum Gasteiger partial charge on any atom is -0.319 e. The standard InChI is InChI=1S/C13H24N2S/c1-10(9-14-4)11(2)15(5)12(3)13-7-6-8-16-13/h6-8,10-12,14H,9H2,1-5H3. The van der Waals surface area contributed by atoms with E-state index in [4.69, 9.17) is 0 Å². The summed E-state index contributed by atoms with van der Waals surface area (Å²) in [6.07, 6.45) is 0. The highest BCUT2D eigenvalue weighted by Gasteiger charge is 2.22. The van der Waals surface area contributed by atoms with Gasteiger partial charge in [-0.05, 0) is 51.9 Å². The van der Waals surface area contributed by atoms with Gasteiger partial charge in [-0.1, -0.05) is 13.0 Å². The van der Waals surface area contributed by atoms with Gasteiger partial charge in [-0.15, -0.1) is 11.3 Å². The second-order valence-electron chi connectivity index (χ2n) is 4.63. The van der Waals surface area contributed by atoms with Crippen LogP contribution in [-0.4, -0.2) is 31.6 Å². The number of hydrogen-bond donors (Lipinski definition) is 1. The first-order valence-electron chi connectivity index (χ1n) is 5.97. The largest absolute Gasteiger partial charge is 0.319 e. The maximum absolute atomic E-state index is 3.25. The Labute approximate surface area is 104 Å². The van der Waals surface area contributed by atoms with Gasteiger partial charge in [-0.2, -0.15) is 0 Å². The Morgan fingerprint density at radius 3 is 2.56 bits per heavy atom. The monoisotopic (exact) mass is 240 g/mol. The molecule has 3 atom stereocenters. The smallest absolute Gasteiger partial charge is 0.0413 e. The van der Waals surface area contributed by atoms with Crippen LogP contribution in [-0.2, 0) is 0 Å². The first-order valence-corrected chi connectivity index (χ1v) is 6.85. The molecule has 0 aliphatic heterocycles. The molecule has 0 amide bonds. The lowest BCUT2D eigenvalue weighted by molar-refractivity contribution is 0.153. The van der Waals surface area contributed by atoms with Crippen LogP contribution in [0.2, 0.25) is 0 Å². The molecule has 0 bridgehead atoms. The molecule has 0 aliphatic carbocycles. The minimum atomic E-state index is 0.509. The molecular weight excluding hydrogens is 216 g/mol. The Hall–Kier alpha value is -0.380. The lowest BCUT2D eigenvalue weighted by Gasteiger charge is -2.34. The molecule has 1 rings (SSSR count). The highest BCUT2D eigenvalue weighted by molar-refractivity contribution is 7.10. The summed E-state index contributed by atoms with van der Waals surface area (Å²) >= 11 is 1.84. The van der Waals surface area contributed by atoms with Crippen LogP contribution in [0.1, 0.15) is 31.7 Å². The zero-order chi connectivity index (χ0) is 12.1. The van der Waals surface area contributed by atoms with Gasteiger partial charge in [-0.3, -0.25) is 4.90 Å². The zero-order valence-corrected chi connectivity index (χ0v) is 11.8. The van der Waals surface area contributed by atoms with Crippen molar-refractivity contribution < 1.29 is 0 Å². The fraction of sp³-hybridized carbons (Fsp3) is 0.692. The fourth-order valence-corrected chi connectivity index (χ4v) is 2.81. The Morgan fingerprint density at radius 2 is 2.06 bits per heavy atom. The van der Waals surface area contributed by atoms with Gasteiger partial charge in [0.15, 0.2) is 0 Å². The lowest BCUT2D eigenvalue weighted by Crippen LogP contribution is -2.39. The molecule has 0 aromatic carbocycles. The molecule has 1 aromatic heterocycles. The second kappa shape index (κ2) is 6.38. The Kier molecular flexibility index (Phi) is 5.46. The predicted octanol–water partition coefficient (Wildman–Crippen LogP) is 2.98. The highest BCUT2D eigenvalue weighted by atomic mass is 32.1. The van der Waals surface area contributed by atoms with Crippen LogP contribution >= 0.6 is 11.3 Å². The molecule has 0 saturated heterocycles. The normalized spacial score (nSPS) is 17.4. The summed E-state index contributed by atoms with van der Waals surface area (Å²) in [5.74, 6) is 0.664. The van der Waals surface area contributed by atoms with E-state index in [2.05, 4.69) is 55.5 Å². The molecule has 1 aromatic rings. The van der Waals surface area contributed by atoms with Gasteiger partial charge in [-0.25, -0.2) is 0 Å². The molecule has 3 unspecified atom stereocenters. The van der Waals surface area contributed by atoms with E-state index in [1.165, 1.54) is 4.88 Å². The average molecular weight is 240 g/mol. The molecule has 16 heavy (non-hydrogen) atoms. The summed E-state index contributed by atoms with van der Waals surface area (Å²) in [7, 11) is 4.24. The predicted molar refractivity (Wildman–Crippen MR) is 73.0 cm³/mol. The molecular formula is C13H24N2S. The molecule has 0 radical (unpaired) electrons. The third-order valence-electron chi connectivity index (χ3n) is 3.56. The summed E-state index contributed by atoms with van der Waals surface area (Å²) < 4.78 is 0. The lowest BCUT2D eigenvalue weighted by atomic mass is 10.0. The van der Waals surface area contributed by atoms with Crippen LogP contribution in [0.25, 0.3) is 0 Å². The van der Waals surface area contributed by atoms with Crippen molar-refractivity contribution in [3.8, 4) is 0 Å². The summed E-state index contributed by atoms with van der Waals surface area (Å²) in [6.45, 7) is 7.97. The Balaban J connectivity index is 2.59.